The Balaban J connectivity index is 1.63. The molecule has 98 valence electrons. The molecule has 0 radical (unpaired) electrons. The highest BCUT2D eigenvalue weighted by molar-refractivity contribution is 4.94. The van der Waals surface area contributed by atoms with E-state index in [2.05, 4.69) is 4.90 Å². The van der Waals surface area contributed by atoms with Crippen LogP contribution in [0.15, 0.2) is 0 Å². The van der Waals surface area contributed by atoms with Crippen molar-refractivity contribution in [1.29, 1.82) is 0 Å². The van der Waals surface area contributed by atoms with E-state index in [1.807, 2.05) is 0 Å². The largest absolute Gasteiger partial charge is 0.391 e. The van der Waals surface area contributed by atoms with Crippen molar-refractivity contribution in [2.75, 3.05) is 6.54 Å². The zero-order chi connectivity index (χ0) is 11.7. The van der Waals surface area contributed by atoms with Gasteiger partial charge in [-0.15, -0.1) is 0 Å². The third-order valence-electron chi connectivity index (χ3n) is 4.80. The Labute approximate surface area is 105 Å². The van der Waals surface area contributed by atoms with Gasteiger partial charge in [-0.05, 0) is 44.4 Å². The van der Waals surface area contributed by atoms with Crippen LogP contribution in [0.2, 0.25) is 0 Å². The molecule has 2 atom stereocenters. The quantitative estimate of drug-likeness (QED) is 0.812. The molecule has 0 spiro atoms. The van der Waals surface area contributed by atoms with Crippen molar-refractivity contribution in [2.45, 2.75) is 82.4 Å². The van der Waals surface area contributed by atoms with E-state index >= 15 is 0 Å². The standard InChI is InChI=1S/C15H27NO/c17-15-6-4-2-1-3-5-14(15)16(13-9-10-13)11-12-7-8-12/h12-15,17H,1-11H2. The highest BCUT2D eigenvalue weighted by Crippen LogP contribution is 2.38. The first kappa shape index (κ1) is 12.0. The number of aliphatic hydroxyl groups is 1. The van der Waals surface area contributed by atoms with E-state index in [9.17, 15) is 5.11 Å². The number of hydrogen-bond acceptors (Lipinski definition) is 2. The predicted octanol–water partition coefficient (Wildman–Crippen LogP) is 2.94. The normalized spacial score (nSPS) is 35.6. The molecule has 0 aromatic heterocycles. The topological polar surface area (TPSA) is 23.5 Å². The second kappa shape index (κ2) is 5.27. The van der Waals surface area contributed by atoms with Crippen LogP contribution in [0.3, 0.4) is 0 Å². The average molecular weight is 237 g/mol. The van der Waals surface area contributed by atoms with Gasteiger partial charge in [0.1, 0.15) is 0 Å². The Morgan fingerprint density at radius 3 is 2.18 bits per heavy atom. The molecule has 0 amide bonds. The molecule has 1 N–H and O–H groups in total. The number of rotatable bonds is 4. The van der Waals surface area contributed by atoms with Gasteiger partial charge in [0, 0.05) is 18.6 Å². The van der Waals surface area contributed by atoms with Crippen LogP contribution >= 0.6 is 0 Å². The zero-order valence-electron chi connectivity index (χ0n) is 11.0. The fourth-order valence-corrected chi connectivity index (χ4v) is 3.39. The van der Waals surface area contributed by atoms with E-state index in [1.165, 1.54) is 64.3 Å². The first-order chi connectivity index (χ1) is 8.34. The highest BCUT2D eigenvalue weighted by atomic mass is 16.3. The maximum atomic E-state index is 10.4. The molecule has 2 heteroatoms. The Morgan fingerprint density at radius 1 is 0.824 bits per heavy atom. The second-order valence-corrected chi connectivity index (χ2v) is 6.50. The molecule has 2 unspecified atom stereocenters. The van der Waals surface area contributed by atoms with Gasteiger partial charge in [0.25, 0.3) is 0 Å². The van der Waals surface area contributed by atoms with Crippen LogP contribution in [-0.4, -0.2) is 34.7 Å². The first-order valence-electron chi connectivity index (χ1n) is 7.78. The van der Waals surface area contributed by atoms with Crippen LogP contribution in [0, 0.1) is 5.92 Å². The summed E-state index contributed by atoms with van der Waals surface area (Å²) in [5.41, 5.74) is 0. The van der Waals surface area contributed by atoms with Gasteiger partial charge in [0.05, 0.1) is 6.10 Å². The number of hydrogen-bond donors (Lipinski definition) is 1. The lowest BCUT2D eigenvalue weighted by atomic mass is 9.92. The lowest BCUT2D eigenvalue weighted by Crippen LogP contribution is -2.46. The summed E-state index contributed by atoms with van der Waals surface area (Å²) in [5.74, 6) is 0.966. The minimum atomic E-state index is -0.0466. The van der Waals surface area contributed by atoms with E-state index in [-0.39, 0.29) is 6.10 Å². The molecule has 17 heavy (non-hydrogen) atoms. The summed E-state index contributed by atoms with van der Waals surface area (Å²) in [7, 11) is 0. The zero-order valence-corrected chi connectivity index (χ0v) is 11.0. The summed E-state index contributed by atoms with van der Waals surface area (Å²) in [6.45, 7) is 1.28. The fraction of sp³-hybridized carbons (Fsp3) is 1.00. The fourth-order valence-electron chi connectivity index (χ4n) is 3.39. The summed E-state index contributed by atoms with van der Waals surface area (Å²) in [6, 6.07) is 1.32. The summed E-state index contributed by atoms with van der Waals surface area (Å²) < 4.78 is 0. The van der Waals surface area contributed by atoms with Crippen molar-refractivity contribution < 1.29 is 5.11 Å². The third-order valence-corrected chi connectivity index (χ3v) is 4.80. The van der Waals surface area contributed by atoms with Crippen molar-refractivity contribution >= 4 is 0 Å². The van der Waals surface area contributed by atoms with E-state index in [0.29, 0.717) is 6.04 Å². The van der Waals surface area contributed by atoms with Crippen LogP contribution < -0.4 is 0 Å². The van der Waals surface area contributed by atoms with Gasteiger partial charge in [-0.3, -0.25) is 4.90 Å². The molecule has 0 saturated heterocycles. The molecule has 3 fully saturated rings. The Hall–Kier alpha value is -0.0800. The van der Waals surface area contributed by atoms with Gasteiger partial charge < -0.3 is 5.11 Å². The molecule has 3 saturated carbocycles. The molecule has 2 nitrogen and oxygen atoms in total. The first-order valence-corrected chi connectivity index (χ1v) is 7.78. The summed E-state index contributed by atoms with van der Waals surface area (Å²) >= 11 is 0. The SMILES string of the molecule is OC1CCCCCCC1N(CC1CC1)C1CC1. The molecule has 3 aliphatic rings. The van der Waals surface area contributed by atoms with Crippen LogP contribution in [0.5, 0.6) is 0 Å². The average Bonchev–Trinajstić information content (AvgIpc) is 3.14. The highest BCUT2D eigenvalue weighted by Gasteiger charge is 2.39. The van der Waals surface area contributed by atoms with E-state index < -0.39 is 0 Å². The van der Waals surface area contributed by atoms with E-state index in [1.54, 1.807) is 0 Å². The van der Waals surface area contributed by atoms with Crippen molar-refractivity contribution in [1.82, 2.24) is 4.90 Å². The van der Waals surface area contributed by atoms with Crippen molar-refractivity contribution in [3.8, 4) is 0 Å². The Morgan fingerprint density at radius 2 is 1.53 bits per heavy atom. The van der Waals surface area contributed by atoms with Crippen LogP contribution in [0.4, 0.5) is 0 Å². The predicted molar refractivity (Wildman–Crippen MR) is 69.9 cm³/mol. The molecular weight excluding hydrogens is 210 g/mol. The molecule has 0 aromatic rings. The summed E-state index contributed by atoms with van der Waals surface area (Å²) in [5, 5.41) is 10.4. The molecule has 0 bridgehead atoms. The van der Waals surface area contributed by atoms with Crippen molar-refractivity contribution in [3.05, 3.63) is 0 Å². The minimum Gasteiger partial charge on any atom is -0.391 e. The molecule has 0 aromatic carbocycles. The van der Waals surface area contributed by atoms with Gasteiger partial charge in [0.15, 0.2) is 0 Å². The maximum absolute atomic E-state index is 10.4. The summed E-state index contributed by atoms with van der Waals surface area (Å²) in [6.07, 6.45) is 13.2. The van der Waals surface area contributed by atoms with Crippen LogP contribution in [0.25, 0.3) is 0 Å². The monoisotopic (exact) mass is 237 g/mol. The lowest BCUT2D eigenvalue weighted by Gasteiger charge is -2.36. The molecular formula is C15H27NO. The molecule has 3 rings (SSSR count). The van der Waals surface area contributed by atoms with E-state index in [4.69, 9.17) is 0 Å². The number of aliphatic hydroxyl groups excluding tert-OH is 1. The van der Waals surface area contributed by atoms with Gasteiger partial charge >= 0.3 is 0 Å². The van der Waals surface area contributed by atoms with Gasteiger partial charge in [0.2, 0.25) is 0 Å². The molecule has 0 heterocycles. The third kappa shape index (κ3) is 3.23. The lowest BCUT2D eigenvalue weighted by molar-refractivity contribution is 0.0242. The smallest absolute Gasteiger partial charge is 0.0695 e. The second-order valence-electron chi connectivity index (χ2n) is 6.50. The number of nitrogens with zero attached hydrogens (tertiary/aromatic N) is 1. The Kier molecular flexibility index (Phi) is 3.72. The van der Waals surface area contributed by atoms with Gasteiger partial charge in [-0.1, -0.05) is 25.7 Å². The van der Waals surface area contributed by atoms with Crippen molar-refractivity contribution in [3.63, 3.8) is 0 Å². The van der Waals surface area contributed by atoms with Gasteiger partial charge in [-0.25, -0.2) is 0 Å². The van der Waals surface area contributed by atoms with Crippen LogP contribution in [0.1, 0.15) is 64.2 Å². The molecule has 0 aliphatic heterocycles. The molecule has 3 aliphatic carbocycles. The van der Waals surface area contributed by atoms with Gasteiger partial charge in [-0.2, -0.15) is 0 Å². The maximum Gasteiger partial charge on any atom is 0.0695 e. The summed E-state index contributed by atoms with van der Waals surface area (Å²) in [4.78, 5) is 2.70. The van der Waals surface area contributed by atoms with E-state index in [0.717, 1.165) is 18.4 Å². The minimum absolute atomic E-state index is 0.0466. The van der Waals surface area contributed by atoms with Crippen LogP contribution in [-0.2, 0) is 0 Å². The Bertz CT molecular complexity index is 247. The van der Waals surface area contributed by atoms with Crippen molar-refractivity contribution in [2.24, 2.45) is 5.92 Å².